The first-order valence-electron chi connectivity index (χ1n) is 4.72. The summed E-state index contributed by atoms with van der Waals surface area (Å²) in [5.74, 6) is 2.91. The summed E-state index contributed by atoms with van der Waals surface area (Å²) in [6.07, 6.45) is 5.97. The predicted molar refractivity (Wildman–Crippen MR) is 52.7 cm³/mol. The molecule has 0 aromatic rings. The Bertz CT molecular complexity index is 88.2. The van der Waals surface area contributed by atoms with Crippen LogP contribution in [0.25, 0.3) is 0 Å². The van der Waals surface area contributed by atoms with Gasteiger partial charge in [0.25, 0.3) is 0 Å². The molecular formula is C11H24. The van der Waals surface area contributed by atoms with Crippen molar-refractivity contribution in [1.82, 2.24) is 0 Å². The maximum atomic E-state index is 2.42. The highest BCUT2D eigenvalue weighted by atomic mass is 14.3. The summed E-state index contributed by atoms with van der Waals surface area (Å²) in [6.45, 7) is 7.12. The molecule has 0 N–H and O–H groups in total. The van der Waals surface area contributed by atoms with Gasteiger partial charge >= 0.3 is 0 Å². The van der Waals surface area contributed by atoms with Crippen LogP contribution >= 0.6 is 0 Å². The van der Waals surface area contributed by atoms with E-state index in [4.69, 9.17) is 0 Å². The number of hydrogen-bond donors (Lipinski definition) is 0. The average molecular weight is 156 g/mol. The van der Waals surface area contributed by atoms with Gasteiger partial charge in [-0.15, -0.1) is 0 Å². The Morgan fingerprint density at radius 1 is 1.00 bits per heavy atom. The molecule has 0 amide bonds. The van der Waals surface area contributed by atoms with Crippen molar-refractivity contribution in [1.29, 1.82) is 0 Å². The fourth-order valence-electron chi connectivity index (χ4n) is 2.03. The molecule has 0 aliphatic heterocycles. The second kappa shape index (κ2) is 4.79. The normalized spacial score (nSPS) is 21.8. The molecule has 0 aromatic carbocycles. The van der Waals surface area contributed by atoms with Gasteiger partial charge in [0.2, 0.25) is 0 Å². The molecule has 0 bridgehead atoms. The van der Waals surface area contributed by atoms with E-state index >= 15 is 0 Å². The van der Waals surface area contributed by atoms with Gasteiger partial charge < -0.3 is 0 Å². The first-order chi connectivity index (χ1) is 4.72. The molecule has 0 spiro atoms. The lowest BCUT2D eigenvalue weighted by Crippen LogP contribution is -2.13. The minimum absolute atomic E-state index is 0. The quantitative estimate of drug-likeness (QED) is 0.564. The molecule has 1 unspecified atom stereocenters. The minimum atomic E-state index is 0. The zero-order valence-corrected chi connectivity index (χ0v) is 7.56. The lowest BCUT2D eigenvalue weighted by molar-refractivity contribution is 0.282. The molecule has 11 heavy (non-hydrogen) atoms. The van der Waals surface area contributed by atoms with Gasteiger partial charge in [-0.25, -0.2) is 0 Å². The fraction of sp³-hybridized carbons (Fsp3) is 1.00. The van der Waals surface area contributed by atoms with Gasteiger partial charge in [-0.3, -0.25) is 0 Å². The molecule has 0 heteroatoms. The summed E-state index contributed by atoms with van der Waals surface area (Å²) in [4.78, 5) is 0. The van der Waals surface area contributed by atoms with Crippen molar-refractivity contribution in [3.8, 4) is 0 Å². The smallest absolute Gasteiger partial charge is 0.0386 e. The average Bonchev–Trinajstić information content (AvgIpc) is 2.36. The standard InChI is InChI=1S/C10H20.CH4/c1-8(2)9(3)10-6-4-5-7-10;/h8-10H,4-7H2,1-3H3;1H4. The van der Waals surface area contributed by atoms with Gasteiger partial charge in [0, 0.05) is 0 Å². The van der Waals surface area contributed by atoms with Crippen LogP contribution in [0.2, 0.25) is 0 Å². The van der Waals surface area contributed by atoms with Gasteiger partial charge in [0.05, 0.1) is 0 Å². The number of rotatable bonds is 2. The first-order valence-corrected chi connectivity index (χ1v) is 4.72. The Labute approximate surface area is 72.4 Å². The highest BCUT2D eigenvalue weighted by Gasteiger charge is 2.22. The highest BCUT2D eigenvalue weighted by Crippen LogP contribution is 2.34. The molecule has 68 valence electrons. The van der Waals surface area contributed by atoms with E-state index in [0.717, 1.165) is 17.8 Å². The topological polar surface area (TPSA) is 0 Å². The molecule has 1 aliphatic rings. The zero-order chi connectivity index (χ0) is 7.56. The van der Waals surface area contributed by atoms with Crippen LogP contribution in [-0.2, 0) is 0 Å². The van der Waals surface area contributed by atoms with Gasteiger partial charge in [0.15, 0.2) is 0 Å². The third-order valence-electron chi connectivity index (χ3n) is 3.19. The summed E-state index contributed by atoms with van der Waals surface area (Å²) >= 11 is 0. The summed E-state index contributed by atoms with van der Waals surface area (Å²) < 4.78 is 0. The molecule has 1 fully saturated rings. The fourth-order valence-corrected chi connectivity index (χ4v) is 2.03. The largest absolute Gasteiger partial charge is 0.0776 e. The Balaban J connectivity index is 0.000001000. The molecule has 1 atom stereocenters. The summed E-state index contributed by atoms with van der Waals surface area (Å²) in [7, 11) is 0. The van der Waals surface area contributed by atoms with Crippen molar-refractivity contribution in [2.75, 3.05) is 0 Å². The lowest BCUT2D eigenvalue weighted by atomic mass is 9.84. The van der Waals surface area contributed by atoms with Crippen molar-refractivity contribution in [3.63, 3.8) is 0 Å². The Morgan fingerprint density at radius 2 is 1.45 bits per heavy atom. The van der Waals surface area contributed by atoms with E-state index in [9.17, 15) is 0 Å². The SMILES string of the molecule is C.CC(C)C(C)C1CCCC1. The highest BCUT2D eigenvalue weighted by molar-refractivity contribution is 4.74. The van der Waals surface area contributed by atoms with Gasteiger partial charge in [-0.05, 0) is 17.8 Å². The second-order valence-corrected chi connectivity index (χ2v) is 4.15. The Morgan fingerprint density at radius 3 is 1.82 bits per heavy atom. The molecule has 0 nitrogen and oxygen atoms in total. The van der Waals surface area contributed by atoms with Crippen molar-refractivity contribution in [3.05, 3.63) is 0 Å². The maximum absolute atomic E-state index is 2.42. The van der Waals surface area contributed by atoms with E-state index in [1.54, 1.807) is 0 Å². The van der Waals surface area contributed by atoms with Crippen molar-refractivity contribution in [2.45, 2.75) is 53.9 Å². The van der Waals surface area contributed by atoms with E-state index < -0.39 is 0 Å². The zero-order valence-electron chi connectivity index (χ0n) is 7.56. The lowest BCUT2D eigenvalue weighted by Gasteiger charge is -2.22. The van der Waals surface area contributed by atoms with Crippen molar-refractivity contribution in [2.24, 2.45) is 17.8 Å². The second-order valence-electron chi connectivity index (χ2n) is 4.15. The third kappa shape index (κ3) is 2.84. The van der Waals surface area contributed by atoms with Crippen LogP contribution < -0.4 is 0 Å². The Kier molecular flexibility index (Phi) is 4.79. The van der Waals surface area contributed by atoms with Crippen LogP contribution in [0.1, 0.15) is 53.9 Å². The van der Waals surface area contributed by atoms with Crippen LogP contribution in [-0.4, -0.2) is 0 Å². The van der Waals surface area contributed by atoms with Crippen LogP contribution in [0, 0.1) is 17.8 Å². The van der Waals surface area contributed by atoms with Gasteiger partial charge in [-0.1, -0.05) is 53.9 Å². The molecule has 0 saturated heterocycles. The summed E-state index contributed by atoms with van der Waals surface area (Å²) in [5, 5.41) is 0. The van der Waals surface area contributed by atoms with Crippen LogP contribution in [0.5, 0.6) is 0 Å². The van der Waals surface area contributed by atoms with Crippen LogP contribution in [0.15, 0.2) is 0 Å². The first kappa shape index (κ1) is 11.0. The van der Waals surface area contributed by atoms with Crippen molar-refractivity contribution >= 4 is 0 Å². The molecule has 1 saturated carbocycles. The van der Waals surface area contributed by atoms with E-state index in [0.29, 0.717) is 0 Å². The molecule has 0 radical (unpaired) electrons. The molecule has 0 heterocycles. The molecule has 1 rings (SSSR count). The number of hydrogen-bond acceptors (Lipinski definition) is 0. The maximum Gasteiger partial charge on any atom is -0.0386 e. The van der Waals surface area contributed by atoms with E-state index in [1.165, 1.54) is 25.7 Å². The molecule has 0 aromatic heterocycles. The summed E-state index contributed by atoms with van der Waals surface area (Å²) in [5.41, 5.74) is 0. The van der Waals surface area contributed by atoms with Gasteiger partial charge in [0.1, 0.15) is 0 Å². The van der Waals surface area contributed by atoms with E-state index in [2.05, 4.69) is 20.8 Å². The predicted octanol–water partition coefficient (Wildman–Crippen LogP) is 4.10. The summed E-state index contributed by atoms with van der Waals surface area (Å²) in [6, 6.07) is 0. The van der Waals surface area contributed by atoms with Crippen LogP contribution in [0.4, 0.5) is 0 Å². The molecular weight excluding hydrogens is 132 g/mol. The van der Waals surface area contributed by atoms with Crippen molar-refractivity contribution < 1.29 is 0 Å². The van der Waals surface area contributed by atoms with E-state index in [-0.39, 0.29) is 7.43 Å². The molecule has 1 aliphatic carbocycles. The monoisotopic (exact) mass is 156 g/mol. The van der Waals surface area contributed by atoms with Crippen LogP contribution in [0.3, 0.4) is 0 Å². The third-order valence-corrected chi connectivity index (χ3v) is 3.19. The van der Waals surface area contributed by atoms with E-state index in [1.807, 2.05) is 0 Å². The Hall–Kier alpha value is 0. The minimum Gasteiger partial charge on any atom is -0.0776 e. The van der Waals surface area contributed by atoms with Gasteiger partial charge in [-0.2, -0.15) is 0 Å².